The monoisotopic (exact) mass is 460 g/mol. The molecule has 0 saturated heterocycles. The number of aliphatic imine (C=N–C) groups is 2. The highest BCUT2D eigenvalue weighted by Gasteiger charge is 2.17. The van der Waals surface area contributed by atoms with Crippen molar-refractivity contribution in [2.75, 3.05) is 12.3 Å². The Hall–Kier alpha value is -2.71. The highest BCUT2D eigenvalue weighted by atomic mass is 79.9. The number of nitrogens with two attached hydrogens (primary N) is 2. The highest BCUT2D eigenvalue weighted by molar-refractivity contribution is 9.10. The number of rotatable bonds is 6. The number of amidine groups is 1. The average molecular weight is 461 g/mol. The lowest BCUT2D eigenvalue weighted by Gasteiger charge is -2.04. The SMILES string of the molecule is NC(=O)NC(N)=NCCSc1nonc1C(=Nc1ccc(F)c(Br)c1)NO. The second-order valence-electron chi connectivity index (χ2n) is 4.69. The Kier molecular flexibility index (Phi) is 7.51. The number of carbonyl (C=O) groups is 1. The Morgan fingerprint density at radius 3 is 2.85 bits per heavy atom. The molecule has 0 aliphatic heterocycles. The molecule has 14 heteroatoms. The number of carbonyl (C=O) groups excluding carboxylic acids is 1. The number of hydrogen-bond donors (Lipinski definition) is 5. The maximum atomic E-state index is 13.3. The lowest BCUT2D eigenvalue weighted by atomic mass is 10.3. The first kappa shape index (κ1) is 20.6. The van der Waals surface area contributed by atoms with E-state index < -0.39 is 11.8 Å². The fourth-order valence-electron chi connectivity index (χ4n) is 1.71. The van der Waals surface area contributed by atoms with E-state index in [1.54, 1.807) is 0 Å². The maximum Gasteiger partial charge on any atom is 0.318 e. The molecular formula is C13H14BrFN8O3S. The molecule has 0 radical (unpaired) electrons. The van der Waals surface area contributed by atoms with Gasteiger partial charge in [-0.2, -0.15) is 0 Å². The van der Waals surface area contributed by atoms with Crippen LogP contribution in [0.15, 0.2) is 42.3 Å². The third kappa shape index (κ3) is 6.19. The molecule has 0 atom stereocenters. The molecule has 11 nitrogen and oxygen atoms in total. The van der Waals surface area contributed by atoms with Gasteiger partial charge in [0.1, 0.15) is 5.82 Å². The van der Waals surface area contributed by atoms with Gasteiger partial charge in [-0.1, -0.05) is 11.8 Å². The van der Waals surface area contributed by atoms with Gasteiger partial charge in [-0.25, -0.2) is 18.8 Å². The van der Waals surface area contributed by atoms with Crippen LogP contribution in [-0.4, -0.2) is 45.6 Å². The standard InChI is InChI=1S/C13H14BrFN8O3S/c14-7-5-6(1-2-8(7)15)19-10(21-25)9-11(23-26-22-9)27-4-3-18-12(16)20-13(17)24/h1-2,5,25H,3-4H2,(H,19,21)(H5,16,17,18,20,24). The van der Waals surface area contributed by atoms with Gasteiger partial charge >= 0.3 is 6.03 Å². The van der Waals surface area contributed by atoms with E-state index in [4.69, 9.17) is 11.5 Å². The topological polar surface area (TPSA) is 177 Å². The number of hydroxylamine groups is 1. The number of primary amides is 1. The molecule has 2 aromatic rings. The second kappa shape index (κ2) is 9.84. The lowest BCUT2D eigenvalue weighted by Crippen LogP contribution is -2.40. The predicted molar refractivity (Wildman–Crippen MR) is 99.4 cm³/mol. The van der Waals surface area contributed by atoms with E-state index in [2.05, 4.69) is 46.2 Å². The number of thioether (sulfide) groups is 1. The van der Waals surface area contributed by atoms with Gasteiger partial charge < -0.3 is 11.5 Å². The van der Waals surface area contributed by atoms with Crippen LogP contribution in [0.25, 0.3) is 0 Å². The van der Waals surface area contributed by atoms with E-state index in [0.29, 0.717) is 16.5 Å². The first-order valence-electron chi connectivity index (χ1n) is 7.16. The van der Waals surface area contributed by atoms with E-state index >= 15 is 0 Å². The minimum atomic E-state index is -0.811. The van der Waals surface area contributed by atoms with Crippen molar-refractivity contribution in [3.05, 3.63) is 34.2 Å². The average Bonchev–Trinajstić information content (AvgIpc) is 3.07. The van der Waals surface area contributed by atoms with Gasteiger partial charge in [-0.05, 0) is 44.4 Å². The Morgan fingerprint density at radius 2 is 2.19 bits per heavy atom. The minimum absolute atomic E-state index is 0.0457. The Labute approximate surface area is 164 Å². The number of hydrogen-bond acceptors (Lipinski definition) is 8. The van der Waals surface area contributed by atoms with Crippen molar-refractivity contribution in [2.24, 2.45) is 21.5 Å². The number of aromatic nitrogens is 2. The number of nitrogens with zero attached hydrogens (tertiary/aromatic N) is 4. The molecule has 1 heterocycles. The van der Waals surface area contributed by atoms with E-state index in [9.17, 15) is 14.4 Å². The van der Waals surface area contributed by atoms with Crippen LogP contribution in [-0.2, 0) is 0 Å². The lowest BCUT2D eigenvalue weighted by molar-refractivity contribution is 0.234. The molecule has 0 spiro atoms. The van der Waals surface area contributed by atoms with Crippen LogP contribution < -0.4 is 22.3 Å². The van der Waals surface area contributed by atoms with Crippen LogP contribution in [0.2, 0.25) is 0 Å². The first-order chi connectivity index (χ1) is 12.9. The molecule has 0 aliphatic carbocycles. The zero-order valence-electron chi connectivity index (χ0n) is 13.5. The molecule has 0 unspecified atom stereocenters. The molecule has 0 aliphatic rings. The molecule has 0 fully saturated rings. The zero-order valence-corrected chi connectivity index (χ0v) is 15.9. The van der Waals surface area contributed by atoms with Crippen LogP contribution in [0.1, 0.15) is 5.69 Å². The number of guanidine groups is 1. The Bertz CT molecular complexity index is 875. The number of halogens is 2. The smallest absolute Gasteiger partial charge is 0.318 e. The Balaban J connectivity index is 2.08. The van der Waals surface area contributed by atoms with Crippen molar-refractivity contribution in [1.82, 2.24) is 21.1 Å². The number of urea groups is 1. The van der Waals surface area contributed by atoms with E-state index in [-0.39, 0.29) is 28.5 Å². The molecule has 1 aromatic heterocycles. The fourth-order valence-corrected chi connectivity index (χ4v) is 2.81. The second-order valence-corrected chi connectivity index (χ2v) is 6.63. The van der Waals surface area contributed by atoms with E-state index in [1.807, 2.05) is 5.48 Å². The summed E-state index contributed by atoms with van der Waals surface area (Å²) in [6, 6.07) is 3.25. The van der Waals surface area contributed by atoms with Gasteiger partial charge in [-0.15, -0.1) is 0 Å². The van der Waals surface area contributed by atoms with Gasteiger partial charge in [0.05, 0.1) is 16.7 Å². The van der Waals surface area contributed by atoms with Gasteiger partial charge in [0.25, 0.3) is 0 Å². The van der Waals surface area contributed by atoms with Gasteiger partial charge in [-0.3, -0.25) is 21.0 Å². The first-order valence-corrected chi connectivity index (χ1v) is 8.94. The summed E-state index contributed by atoms with van der Waals surface area (Å²) in [6.45, 7) is 0.243. The van der Waals surface area contributed by atoms with Crippen LogP contribution in [0.4, 0.5) is 14.9 Å². The van der Waals surface area contributed by atoms with Crippen molar-refractivity contribution < 1.29 is 19.0 Å². The zero-order chi connectivity index (χ0) is 19.8. The molecule has 1 aromatic carbocycles. The molecule has 0 saturated carbocycles. The molecule has 2 rings (SSSR count). The van der Waals surface area contributed by atoms with Crippen molar-refractivity contribution in [1.29, 1.82) is 0 Å². The van der Waals surface area contributed by atoms with Gasteiger partial charge in [0.2, 0.25) is 0 Å². The maximum absolute atomic E-state index is 13.3. The van der Waals surface area contributed by atoms with E-state index in [0.717, 1.165) is 0 Å². The summed E-state index contributed by atoms with van der Waals surface area (Å²) >= 11 is 4.25. The fraction of sp³-hybridized carbons (Fsp3) is 0.154. The van der Waals surface area contributed by atoms with Gasteiger partial charge in [0.15, 0.2) is 22.5 Å². The van der Waals surface area contributed by atoms with E-state index in [1.165, 1.54) is 30.0 Å². The molecule has 144 valence electrons. The van der Waals surface area contributed by atoms with Crippen molar-refractivity contribution in [2.45, 2.75) is 5.03 Å². The van der Waals surface area contributed by atoms with Gasteiger partial charge in [0, 0.05) is 5.75 Å². The quantitative estimate of drug-likeness (QED) is 0.140. The number of nitrogens with one attached hydrogen (secondary N) is 2. The minimum Gasteiger partial charge on any atom is -0.370 e. The molecule has 2 amide bonds. The summed E-state index contributed by atoms with van der Waals surface area (Å²) in [7, 11) is 0. The predicted octanol–water partition coefficient (Wildman–Crippen LogP) is 1.10. The molecule has 7 N–H and O–H groups in total. The molecule has 0 bridgehead atoms. The largest absolute Gasteiger partial charge is 0.370 e. The summed E-state index contributed by atoms with van der Waals surface area (Å²) in [4.78, 5) is 18.7. The number of amides is 2. The van der Waals surface area contributed by atoms with Crippen molar-refractivity contribution in [3.8, 4) is 0 Å². The van der Waals surface area contributed by atoms with Crippen molar-refractivity contribution >= 4 is 51.2 Å². The third-order valence-electron chi connectivity index (χ3n) is 2.80. The summed E-state index contributed by atoms with van der Waals surface area (Å²) in [5.74, 6) is -0.195. The summed E-state index contributed by atoms with van der Waals surface area (Å²) < 4.78 is 18.2. The third-order valence-corrected chi connectivity index (χ3v) is 4.33. The summed E-state index contributed by atoms with van der Waals surface area (Å²) in [5, 5.41) is 19.2. The number of benzene rings is 1. The molecule has 27 heavy (non-hydrogen) atoms. The van der Waals surface area contributed by atoms with Crippen LogP contribution in [0.5, 0.6) is 0 Å². The van der Waals surface area contributed by atoms with Crippen LogP contribution in [0.3, 0.4) is 0 Å². The summed E-state index contributed by atoms with van der Waals surface area (Å²) in [6.07, 6.45) is 0. The normalized spacial score (nSPS) is 12.1. The molecular weight excluding hydrogens is 447 g/mol. The van der Waals surface area contributed by atoms with Crippen LogP contribution in [0, 0.1) is 5.82 Å². The van der Waals surface area contributed by atoms with Crippen LogP contribution >= 0.6 is 27.7 Å². The van der Waals surface area contributed by atoms with Crippen molar-refractivity contribution in [3.63, 3.8) is 0 Å². The Morgan fingerprint density at radius 1 is 1.41 bits per heavy atom. The summed E-state index contributed by atoms with van der Waals surface area (Å²) in [5.41, 5.74) is 12.8. The highest BCUT2D eigenvalue weighted by Crippen LogP contribution is 2.24.